The van der Waals surface area contributed by atoms with Gasteiger partial charge in [-0.3, -0.25) is 4.79 Å². The van der Waals surface area contributed by atoms with Crippen molar-refractivity contribution in [3.05, 3.63) is 82.7 Å². The summed E-state index contributed by atoms with van der Waals surface area (Å²) in [6, 6.07) is 18.0. The third kappa shape index (κ3) is 2.46. The highest BCUT2D eigenvalue weighted by atomic mass is 19.1. The second-order valence-corrected chi connectivity index (χ2v) is 6.64. The number of hydrogen-bond acceptors (Lipinski definition) is 1. The molecule has 2 N–H and O–H groups in total. The highest BCUT2D eigenvalue weighted by molar-refractivity contribution is 6.17. The molecule has 0 spiro atoms. The number of benzene rings is 3. The van der Waals surface area contributed by atoms with Crippen LogP contribution in [0.25, 0.3) is 21.8 Å². The number of aryl methyl sites for hydroxylation is 2. The minimum atomic E-state index is -0.481. The Morgan fingerprint density at radius 2 is 1.92 bits per heavy atom. The summed E-state index contributed by atoms with van der Waals surface area (Å²) in [7, 11) is 0. The molecule has 1 radical (unpaired) electrons. The molecule has 26 heavy (non-hydrogen) atoms. The fourth-order valence-corrected chi connectivity index (χ4v) is 3.54. The molecule has 0 aliphatic heterocycles. The molecule has 0 atom stereocenters. The van der Waals surface area contributed by atoms with Gasteiger partial charge < -0.3 is 10.3 Å². The number of nitrogens with zero attached hydrogens (tertiary/aromatic N) is 1. The molecule has 1 amide bonds. The monoisotopic (exact) mass is 345 g/mol. The second kappa shape index (κ2) is 5.99. The number of aromatic nitrogens is 1. The topological polar surface area (TPSA) is 48.0 Å². The van der Waals surface area contributed by atoms with Crippen LogP contribution in [0.3, 0.4) is 0 Å². The van der Waals surface area contributed by atoms with Crippen molar-refractivity contribution in [2.45, 2.75) is 20.4 Å². The molecule has 3 nitrogen and oxygen atoms in total. The second-order valence-electron chi connectivity index (χ2n) is 6.64. The number of fused-ring (bicyclic) bond motifs is 3. The Bertz CT molecular complexity index is 1170. The highest BCUT2D eigenvalue weighted by Crippen LogP contribution is 2.33. The van der Waals surface area contributed by atoms with Crippen LogP contribution in [0.2, 0.25) is 0 Å². The van der Waals surface area contributed by atoms with Crippen molar-refractivity contribution in [2.75, 3.05) is 0 Å². The van der Waals surface area contributed by atoms with Crippen LogP contribution < -0.4 is 5.73 Å². The van der Waals surface area contributed by atoms with E-state index >= 15 is 0 Å². The molecule has 0 unspecified atom stereocenters. The average molecular weight is 345 g/mol. The minimum absolute atomic E-state index is 0.204. The Morgan fingerprint density at radius 1 is 1.15 bits per heavy atom. The molecular weight excluding hydrogens is 327 g/mol. The molecule has 4 rings (SSSR count). The molecular formula is C22H18FN2O. The molecule has 0 bridgehead atoms. The summed E-state index contributed by atoms with van der Waals surface area (Å²) >= 11 is 0. The summed E-state index contributed by atoms with van der Waals surface area (Å²) in [5, 5.41) is 1.59. The quantitative estimate of drug-likeness (QED) is 0.584. The zero-order chi connectivity index (χ0) is 18.4. The average Bonchev–Trinajstić information content (AvgIpc) is 2.92. The van der Waals surface area contributed by atoms with Crippen LogP contribution in [-0.2, 0) is 6.54 Å². The number of carbonyl (C=O) groups is 1. The van der Waals surface area contributed by atoms with Gasteiger partial charge in [0.25, 0.3) is 0 Å². The number of primary amides is 1. The maximum absolute atomic E-state index is 14.6. The van der Waals surface area contributed by atoms with E-state index in [1.165, 1.54) is 0 Å². The van der Waals surface area contributed by atoms with Crippen molar-refractivity contribution >= 4 is 27.7 Å². The zero-order valence-electron chi connectivity index (χ0n) is 14.6. The van der Waals surface area contributed by atoms with Crippen LogP contribution in [0, 0.1) is 25.7 Å². The first-order valence-electron chi connectivity index (χ1n) is 8.44. The highest BCUT2D eigenvalue weighted by Gasteiger charge is 2.17. The molecule has 0 aliphatic carbocycles. The van der Waals surface area contributed by atoms with E-state index in [1.54, 1.807) is 31.2 Å². The fourth-order valence-electron chi connectivity index (χ4n) is 3.54. The zero-order valence-corrected chi connectivity index (χ0v) is 14.6. The number of rotatable bonds is 3. The number of nitrogens with two attached hydrogens (primary N) is 1. The van der Waals surface area contributed by atoms with E-state index in [0.717, 1.165) is 27.4 Å². The maximum atomic E-state index is 14.6. The molecule has 0 saturated carbocycles. The number of hydrogen-bond donors (Lipinski definition) is 1. The first kappa shape index (κ1) is 16.3. The molecule has 1 aromatic heterocycles. The minimum Gasteiger partial charge on any atom is -0.366 e. The van der Waals surface area contributed by atoms with Crippen LogP contribution in [0.1, 0.15) is 27.0 Å². The third-order valence-corrected chi connectivity index (χ3v) is 4.80. The molecule has 0 saturated heterocycles. The summed E-state index contributed by atoms with van der Waals surface area (Å²) in [6.45, 7) is 4.11. The van der Waals surface area contributed by atoms with Gasteiger partial charge in [-0.25, -0.2) is 4.39 Å². The van der Waals surface area contributed by atoms with Crippen molar-refractivity contribution in [3.8, 4) is 0 Å². The fraction of sp³-hybridized carbons (Fsp3) is 0.136. The van der Waals surface area contributed by atoms with E-state index in [4.69, 9.17) is 5.73 Å². The van der Waals surface area contributed by atoms with Gasteiger partial charge in [-0.2, -0.15) is 0 Å². The maximum Gasteiger partial charge on any atom is 0.249 e. The molecule has 4 aromatic rings. The van der Waals surface area contributed by atoms with Crippen LogP contribution >= 0.6 is 0 Å². The summed E-state index contributed by atoms with van der Waals surface area (Å²) in [5.41, 5.74) is 10.1. The van der Waals surface area contributed by atoms with Crippen molar-refractivity contribution in [1.82, 2.24) is 4.57 Å². The molecule has 129 valence electrons. The van der Waals surface area contributed by atoms with Gasteiger partial charge in [0.05, 0.1) is 17.6 Å². The van der Waals surface area contributed by atoms with Gasteiger partial charge in [0.2, 0.25) is 5.91 Å². The normalized spacial score (nSPS) is 11.3. The van der Waals surface area contributed by atoms with E-state index in [1.807, 2.05) is 35.8 Å². The van der Waals surface area contributed by atoms with Crippen molar-refractivity contribution in [2.24, 2.45) is 5.73 Å². The first-order valence-corrected chi connectivity index (χ1v) is 8.44. The predicted molar refractivity (Wildman–Crippen MR) is 102 cm³/mol. The van der Waals surface area contributed by atoms with Crippen LogP contribution in [0.4, 0.5) is 4.39 Å². The molecule has 1 heterocycles. The lowest BCUT2D eigenvalue weighted by Gasteiger charge is -2.10. The van der Waals surface area contributed by atoms with E-state index in [0.29, 0.717) is 23.2 Å². The van der Waals surface area contributed by atoms with E-state index < -0.39 is 5.91 Å². The summed E-state index contributed by atoms with van der Waals surface area (Å²) in [4.78, 5) is 11.9. The van der Waals surface area contributed by atoms with Gasteiger partial charge in [0, 0.05) is 21.9 Å². The standard InChI is InChI=1S/C22H18FN2O/c1-13-9-10-16-19(11-13)25(12-15-6-3-5-14(2)21(15)23)18-8-4-7-17(20(16)18)22(24)26/h3-9,11H,12H2,1-2H3,(H2,24,26). The van der Waals surface area contributed by atoms with Gasteiger partial charge in [-0.05, 0) is 49.2 Å². The molecule has 4 heteroatoms. The molecule has 0 aliphatic rings. The predicted octanol–water partition coefficient (Wildman–Crippen LogP) is 4.50. The SMILES string of the molecule is Cc1c[c]c2c3c(C(N)=O)cccc3n(Cc3cccc(C)c3F)c2c1. The van der Waals surface area contributed by atoms with Crippen LogP contribution in [0.5, 0.6) is 0 Å². The Labute approximate surface area is 150 Å². The smallest absolute Gasteiger partial charge is 0.249 e. The van der Waals surface area contributed by atoms with E-state index in [-0.39, 0.29) is 5.82 Å². The Morgan fingerprint density at radius 3 is 2.69 bits per heavy atom. The molecule has 3 aromatic carbocycles. The van der Waals surface area contributed by atoms with Gasteiger partial charge in [-0.1, -0.05) is 30.3 Å². The van der Waals surface area contributed by atoms with Gasteiger partial charge in [0.1, 0.15) is 5.82 Å². The first-order chi connectivity index (χ1) is 12.5. The largest absolute Gasteiger partial charge is 0.366 e. The lowest BCUT2D eigenvalue weighted by molar-refractivity contribution is 0.100. The van der Waals surface area contributed by atoms with E-state index in [2.05, 4.69) is 6.07 Å². The number of halogens is 1. The summed E-state index contributed by atoms with van der Waals surface area (Å²) in [5.74, 6) is -0.685. The number of carbonyl (C=O) groups excluding carboxylic acids is 1. The lowest BCUT2D eigenvalue weighted by Crippen LogP contribution is -2.11. The van der Waals surface area contributed by atoms with E-state index in [9.17, 15) is 9.18 Å². The Kier molecular flexibility index (Phi) is 3.76. The molecule has 0 fully saturated rings. The van der Waals surface area contributed by atoms with Crippen molar-refractivity contribution < 1.29 is 9.18 Å². The van der Waals surface area contributed by atoms with Crippen molar-refractivity contribution in [1.29, 1.82) is 0 Å². The van der Waals surface area contributed by atoms with Gasteiger partial charge in [0.15, 0.2) is 0 Å². The summed E-state index contributed by atoms with van der Waals surface area (Å²) in [6.07, 6.45) is 0. The van der Waals surface area contributed by atoms with Gasteiger partial charge >= 0.3 is 0 Å². The van der Waals surface area contributed by atoms with Gasteiger partial charge in [-0.15, -0.1) is 0 Å². The third-order valence-electron chi connectivity index (χ3n) is 4.80. The van der Waals surface area contributed by atoms with Crippen molar-refractivity contribution in [3.63, 3.8) is 0 Å². The number of amides is 1. The Hall–Kier alpha value is -3.14. The Balaban J connectivity index is 2.07. The van der Waals surface area contributed by atoms with Crippen LogP contribution in [0.15, 0.2) is 48.5 Å². The lowest BCUT2D eigenvalue weighted by atomic mass is 10.1. The summed E-state index contributed by atoms with van der Waals surface area (Å²) < 4.78 is 16.6. The van der Waals surface area contributed by atoms with Crippen LogP contribution in [-0.4, -0.2) is 10.5 Å².